The molecular formula is C18H26N2O2. The summed E-state index contributed by atoms with van der Waals surface area (Å²) in [6.07, 6.45) is 4.03. The van der Waals surface area contributed by atoms with Crippen molar-refractivity contribution < 1.29 is 9.59 Å². The third-order valence-electron chi connectivity index (χ3n) is 4.02. The van der Waals surface area contributed by atoms with Gasteiger partial charge in [-0.1, -0.05) is 19.9 Å². The minimum Gasteiger partial charge on any atom is -0.339 e. The summed E-state index contributed by atoms with van der Waals surface area (Å²) < 4.78 is 0. The minimum atomic E-state index is 0.0276. The normalized spacial score (nSPS) is 14.2. The van der Waals surface area contributed by atoms with Gasteiger partial charge in [-0.05, 0) is 43.9 Å². The summed E-state index contributed by atoms with van der Waals surface area (Å²) >= 11 is 0. The number of likely N-dealkylation sites (tertiary alicyclic amines) is 1. The minimum absolute atomic E-state index is 0.0276. The molecule has 0 bridgehead atoms. The molecule has 4 heteroatoms. The lowest BCUT2D eigenvalue weighted by atomic mass is 10.1. The molecule has 0 unspecified atom stereocenters. The van der Waals surface area contributed by atoms with Crippen LogP contribution in [-0.4, -0.2) is 47.8 Å². The van der Waals surface area contributed by atoms with Crippen molar-refractivity contribution in [2.24, 2.45) is 0 Å². The molecule has 4 nitrogen and oxygen atoms in total. The molecule has 1 aliphatic rings. The zero-order valence-corrected chi connectivity index (χ0v) is 13.7. The SMILES string of the molecule is CCCN(CCC)C(=O)c1cccc(C(=O)N2CCCC2)c1. The molecule has 0 aliphatic carbocycles. The molecule has 1 aromatic rings. The van der Waals surface area contributed by atoms with E-state index in [1.807, 2.05) is 15.9 Å². The fourth-order valence-electron chi connectivity index (χ4n) is 2.93. The third kappa shape index (κ3) is 3.87. The van der Waals surface area contributed by atoms with Crippen LogP contribution in [0.4, 0.5) is 0 Å². The molecule has 1 heterocycles. The summed E-state index contributed by atoms with van der Waals surface area (Å²) in [4.78, 5) is 28.8. The maximum absolute atomic E-state index is 12.6. The molecule has 0 spiro atoms. The number of rotatable bonds is 6. The molecule has 1 saturated heterocycles. The quantitative estimate of drug-likeness (QED) is 0.809. The third-order valence-corrected chi connectivity index (χ3v) is 4.02. The van der Waals surface area contributed by atoms with Crippen LogP contribution in [0.5, 0.6) is 0 Å². The van der Waals surface area contributed by atoms with E-state index in [0.29, 0.717) is 11.1 Å². The fraction of sp³-hybridized carbons (Fsp3) is 0.556. The molecule has 1 fully saturated rings. The van der Waals surface area contributed by atoms with Gasteiger partial charge in [-0.3, -0.25) is 9.59 Å². The van der Waals surface area contributed by atoms with Crippen molar-refractivity contribution in [1.29, 1.82) is 0 Å². The monoisotopic (exact) mass is 302 g/mol. The van der Waals surface area contributed by atoms with Gasteiger partial charge in [0.1, 0.15) is 0 Å². The van der Waals surface area contributed by atoms with E-state index >= 15 is 0 Å². The largest absolute Gasteiger partial charge is 0.339 e. The second-order valence-corrected chi connectivity index (χ2v) is 5.87. The lowest BCUT2D eigenvalue weighted by Gasteiger charge is -2.22. The maximum atomic E-state index is 12.6. The molecular weight excluding hydrogens is 276 g/mol. The number of hydrogen-bond donors (Lipinski definition) is 0. The van der Waals surface area contributed by atoms with Gasteiger partial charge in [0.05, 0.1) is 0 Å². The Morgan fingerprint density at radius 3 is 2.23 bits per heavy atom. The van der Waals surface area contributed by atoms with Crippen molar-refractivity contribution in [2.45, 2.75) is 39.5 Å². The molecule has 0 atom stereocenters. The number of hydrogen-bond acceptors (Lipinski definition) is 2. The molecule has 0 radical (unpaired) electrons. The van der Waals surface area contributed by atoms with Crippen LogP contribution in [0.2, 0.25) is 0 Å². The van der Waals surface area contributed by atoms with Gasteiger partial charge in [0.15, 0.2) is 0 Å². The Bertz CT molecular complexity index is 516. The Balaban J connectivity index is 2.15. The van der Waals surface area contributed by atoms with Gasteiger partial charge in [0.25, 0.3) is 11.8 Å². The highest BCUT2D eigenvalue weighted by Gasteiger charge is 2.21. The fourth-order valence-corrected chi connectivity index (χ4v) is 2.93. The predicted molar refractivity (Wildman–Crippen MR) is 88.1 cm³/mol. The summed E-state index contributed by atoms with van der Waals surface area (Å²) in [5.41, 5.74) is 1.24. The number of carbonyl (C=O) groups excluding carboxylic acids is 2. The van der Waals surface area contributed by atoms with E-state index in [1.165, 1.54) is 0 Å². The smallest absolute Gasteiger partial charge is 0.253 e. The zero-order chi connectivity index (χ0) is 15.9. The van der Waals surface area contributed by atoms with Crippen molar-refractivity contribution in [2.75, 3.05) is 26.2 Å². The van der Waals surface area contributed by atoms with Crippen molar-refractivity contribution in [3.05, 3.63) is 35.4 Å². The van der Waals surface area contributed by atoms with Crippen LogP contribution < -0.4 is 0 Å². The van der Waals surface area contributed by atoms with Crippen LogP contribution in [0.25, 0.3) is 0 Å². The zero-order valence-electron chi connectivity index (χ0n) is 13.7. The lowest BCUT2D eigenvalue weighted by molar-refractivity contribution is 0.0755. The Labute approximate surface area is 133 Å². The first kappa shape index (κ1) is 16.5. The topological polar surface area (TPSA) is 40.6 Å². The summed E-state index contributed by atoms with van der Waals surface area (Å²) in [5.74, 6) is 0.0736. The lowest BCUT2D eigenvalue weighted by Crippen LogP contribution is -2.33. The van der Waals surface area contributed by atoms with E-state index in [2.05, 4.69) is 13.8 Å². The molecule has 2 rings (SSSR count). The number of amides is 2. The molecule has 0 saturated carbocycles. The van der Waals surface area contributed by atoms with Crippen LogP contribution in [0.1, 0.15) is 60.2 Å². The number of carbonyl (C=O) groups is 2. The van der Waals surface area contributed by atoms with Crippen molar-refractivity contribution in [3.8, 4) is 0 Å². The van der Waals surface area contributed by atoms with Gasteiger partial charge in [-0.15, -0.1) is 0 Å². The van der Waals surface area contributed by atoms with Crippen LogP contribution in [-0.2, 0) is 0 Å². The predicted octanol–water partition coefficient (Wildman–Crippen LogP) is 3.18. The highest BCUT2D eigenvalue weighted by Crippen LogP contribution is 2.15. The molecule has 2 amide bonds. The Hall–Kier alpha value is -1.84. The van der Waals surface area contributed by atoms with E-state index in [1.54, 1.807) is 18.2 Å². The van der Waals surface area contributed by atoms with Gasteiger partial charge >= 0.3 is 0 Å². The van der Waals surface area contributed by atoms with E-state index in [4.69, 9.17) is 0 Å². The number of benzene rings is 1. The molecule has 1 aromatic carbocycles. The maximum Gasteiger partial charge on any atom is 0.253 e. The highest BCUT2D eigenvalue weighted by molar-refractivity contribution is 5.99. The van der Waals surface area contributed by atoms with Crippen molar-refractivity contribution in [3.63, 3.8) is 0 Å². The first-order chi connectivity index (χ1) is 10.7. The molecule has 0 N–H and O–H groups in total. The van der Waals surface area contributed by atoms with E-state index in [-0.39, 0.29) is 11.8 Å². The van der Waals surface area contributed by atoms with E-state index in [9.17, 15) is 9.59 Å². The van der Waals surface area contributed by atoms with Crippen LogP contribution in [0, 0.1) is 0 Å². The van der Waals surface area contributed by atoms with E-state index in [0.717, 1.165) is 51.9 Å². The number of nitrogens with zero attached hydrogens (tertiary/aromatic N) is 2. The standard InChI is InChI=1S/C18H26N2O2/c1-3-10-19(11-4-2)17(21)15-8-7-9-16(14-15)18(22)20-12-5-6-13-20/h7-9,14H,3-6,10-13H2,1-2H3. The average Bonchev–Trinajstić information content (AvgIpc) is 3.08. The summed E-state index contributed by atoms with van der Waals surface area (Å²) in [6.45, 7) is 7.32. The van der Waals surface area contributed by atoms with E-state index < -0.39 is 0 Å². The molecule has 22 heavy (non-hydrogen) atoms. The Kier molecular flexibility index (Phi) is 5.99. The summed E-state index contributed by atoms with van der Waals surface area (Å²) in [7, 11) is 0. The van der Waals surface area contributed by atoms with Crippen LogP contribution >= 0.6 is 0 Å². The van der Waals surface area contributed by atoms with Crippen LogP contribution in [0.3, 0.4) is 0 Å². The molecule has 0 aromatic heterocycles. The summed E-state index contributed by atoms with van der Waals surface area (Å²) in [5, 5.41) is 0. The highest BCUT2D eigenvalue weighted by atomic mass is 16.2. The first-order valence-corrected chi connectivity index (χ1v) is 8.36. The molecule has 1 aliphatic heterocycles. The van der Waals surface area contributed by atoms with Gasteiger partial charge in [-0.25, -0.2) is 0 Å². The Morgan fingerprint density at radius 2 is 1.64 bits per heavy atom. The second-order valence-electron chi connectivity index (χ2n) is 5.87. The average molecular weight is 302 g/mol. The van der Waals surface area contributed by atoms with Crippen LogP contribution in [0.15, 0.2) is 24.3 Å². The Morgan fingerprint density at radius 1 is 1.05 bits per heavy atom. The van der Waals surface area contributed by atoms with Gasteiger partial charge in [-0.2, -0.15) is 0 Å². The molecule has 120 valence electrons. The van der Waals surface area contributed by atoms with Crippen molar-refractivity contribution in [1.82, 2.24) is 9.80 Å². The van der Waals surface area contributed by atoms with Crippen molar-refractivity contribution >= 4 is 11.8 Å². The van der Waals surface area contributed by atoms with Gasteiger partial charge in [0, 0.05) is 37.3 Å². The van der Waals surface area contributed by atoms with Gasteiger partial charge < -0.3 is 9.80 Å². The second kappa shape index (κ2) is 7.97. The van der Waals surface area contributed by atoms with Gasteiger partial charge in [0.2, 0.25) is 0 Å². The summed E-state index contributed by atoms with van der Waals surface area (Å²) in [6, 6.07) is 7.18. The first-order valence-electron chi connectivity index (χ1n) is 8.36.